The van der Waals surface area contributed by atoms with Crippen LogP contribution in [0, 0.1) is 0 Å². The molecule has 1 unspecified atom stereocenters. The highest BCUT2D eigenvalue weighted by atomic mass is 79.9. The molecule has 0 spiro atoms. The lowest BCUT2D eigenvalue weighted by atomic mass is 10.3. The third-order valence-corrected chi connectivity index (χ3v) is 2.77. The molecule has 1 aromatic rings. The smallest absolute Gasteiger partial charge is 0.264 e. The minimum atomic E-state index is -0.871. The number of carbonyl (C=O) groups is 1. The number of rotatable bonds is 3. The van der Waals surface area contributed by atoms with Gasteiger partial charge in [0.15, 0.2) is 0 Å². The molecule has 0 saturated carbocycles. The van der Waals surface area contributed by atoms with Crippen molar-refractivity contribution in [1.29, 1.82) is 0 Å². The average molecular weight is 339 g/mol. The van der Waals surface area contributed by atoms with Gasteiger partial charge in [-0.2, -0.15) is 0 Å². The van der Waals surface area contributed by atoms with Crippen LogP contribution in [0.25, 0.3) is 0 Å². The summed E-state index contributed by atoms with van der Waals surface area (Å²) in [5.41, 5.74) is 10.2. The van der Waals surface area contributed by atoms with Crippen molar-refractivity contribution < 1.29 is 4.79 Å². The number of carbonyl (C=O) groups excluding carboxylic acids is 1. The van der Waals surface area contributed by atoms with E-state index >= 15 is 0 Å². The number of amides is 1. The molecular weight excluding hydrogens is 330 g/mol. The van der Waals surface area contributed by atoms with Crippen molar-refractivity contribution in [2.75, 3.05) is 0 Å². The van der Waals surface area contributed by atoms with E-state index in [0.29, 0.717) is 8.95 Å². The molecule has 7 heteroatoms. The standard InChI is InChI=1S/C8H9Br2N3O2/c9-4-1-5(10)8(15)13(2-4)3-6(11)7(12)14/h1-2,6H,3,11H2,(H2,12,14). The Bertz CT molecular complexity index is 444. The number of aromatic nitrogens is 1. The van der Waals surface area contributed by atoms with Crippen molar-refractivity contribution in [3.8, 4) is 0 Å². The Morgan fingerprint density at radius 2 is 2.13 bits per heavy atom. The second-order valence-corrected chi connectivity index (χ2v) is 4.74. The van der Waals surface area contributed by atoms with Crippen molar-refractivity contribution in [2.24, 2.45) is 11.5 Å². The summed E-state index contributed by atoms with van der Waals surface area (Å²) in [7, 11) is 0. The van der Waals surface area contributed by atoms with Gasteiger partial charge in [-0.25, -0.2) is 0 Å². The molecule has 15 heavy (non-hydrogen) atoms. The minimum absolute atomic E-state index is 0.0617. The SMILES string of the molecule is NC(=O)C(N)Cn1cc(Br)cc(Br)c1=O. The molecule has 0 aromatic carbocycles. The summed E-state index contributed by atoms with van der Waals surface area (Å²) >= 11 is 6.33. The van der Waals surface area contributed by atoms with E-state index < -0.39 is 11.9 Å². The Morgan fingerprint density at radius 1 is 1.53 bits per heavy atom. The Balaban J connectivity index is 3.05. The van der Waals surface area contributed by atoms with Crippen LogP contribution in [0.2, 0.25) is 0 Å². The number of primary amides is 1. The fourth-order valence-electron chi connectivity index (χ4n) is 1.00. The fourth-order valence-corrected chi connectivity index (χ4v) is 2.26. The van der Waals surface area contributed by atoms with Crippen LogP contribution in [0.4, 0.5) is 0 Å². The van der Waals surface area contributed by atoms with E-state index in [1.807, 2.05) is 0 Å². The molecule has 0 saturated heterocycles. The van der Waals surface area contributed by atoms with Crippen LogP contribution in [-0.2, 0) is 11.3 Å². The number of hydrogen-bond donors (Lipinski definition) is 2. The molecule has 82 valence electrons. The predicted molar refractivity (Wildman–Crippen MR) is 63.3 cm³/mol. The van der Waals surface area contributed by atoms with Crippen molar-refractivity contribution in [3.05, 3.63) is 31.6 Å². The molecule has 0 aliphatic carbocycles. The third-order valence-electron chi connectivity index (χ3n) is 1.77. The maximum Gasteiger partial charge on any atom is 0.264 e. The predicted octanol–water partition coefficient (Wildman–Crippen LogP) is 0.186. The van der Waals surface area contributed by atoms with E-state index in [9.17, 15) is 9.59 Å². The summed E-state index contributed by atoms with van der Waals surface area (Å²) in [5, 5.41) is 0. The lowest BCUT2D eigenvalue weighted by Gasteiger charge is -2.10. The van der Waals surface area contributed by atoms with Gasteiger partial charge in [0.05, 0.1) is 4.47 Å². The molecule has 1 amide bonds. The van der Waals surface area contributed by atoms with Crippen molar-refractivity contribution in [2.45, 2.75) is 12.6 Å². The number of hydrogen-bond acceptors (Lipinski definition) is 3. The first-order chi connectivity index (χ1) is 6.91. The summed E-state index contributed by atoms with van der Waals surface area (Å²) in [6.07, 6.45) is 1.55. The zero-order chi connectivity index (χ0) is 11.6. The Hall–Kier alpha value is -0.660. The molecule has 1 heterocycles. The van der Waals surface area contributed by atoms with Crippen LogP contribution < -0.4 is 17.0 Å². The Labute approximate surface area is 103 Å². The van der Waals surface area contributed by atoms with E-state index in [1.165, 1.54) is 4.57 Å². The van der Waals surface area contributed by atoms with Crippen LogP contribution in [0.1, 0.15) is 0 Å². The van der Waals surface area contributed by atoms with Crippen molar-refractivity contribution >= 4 is 37.8 Å². The molecule has 0 bridgehead atoms. The maximum absolute atomic E-state index is 11.6. The molecule has 5 nitrogen and oxygen atoms in total. The molecule has 0 fully saturated rings. The van der Waals surface area contributed by atoms with Gasteiger partial charge in [0.1, 0.15) is 6.04 Å². The van der Waals surface area contributed by atoms with Gasteiger partial charge < -0.3 is 16.0 Å². The molecule has 1 aromatic heterocycles. The van der Waals surface area contributed by atoms with Gasteiger partial charge in [-0.05, 0) is 37.9 Å². The highest BCUT2D eigenvalue weighted by Gasteiger charge is 2.12. The van der Waals surface area contributed by atoms with Crippen LogP contribution in [0.15, 0.2) is 26.0 Å². The molecule has 0 radical (unpaired) electrons. The number of halogens is 2. The third kappa shape index (κ3) is 3.15. The lowest BCUT2D eigenvalue weighted by molar-refractivity contribution is -0.119. The number of pyridine rings is 1. The van der Waals surface area contributed by atoms with E-state index in [0.717, 1.165) is 0 Å². The van der Waals surface area contributed by atoms with Gasteiger partial charge in [-0.1, -0.05) is 0 Å². The van der Waals surface area contributed by atoms with Crippen LogP contribution in [0.5, 0.6) is 0 Å². The molecule has 1 atom stereocenters. The first kappa shape index (κ1) is 12.4. The average Bonchev–Trinajstić information content (AvgIpc) is 2.13. The van der Waals surface area contributed by atoms with Gasteiger partial charge in [0, 0.05) is 17.2 Å². The summed E-state index contributed by atoms with van der Waals surface area (Å²) in [6, 6.07) is 0.748. The topological polar surface area (TPSA) is 91.1 Å². The fraction of sp³-hybridized carbons (Fsp3) is 0.250. The first-order valence-electron chi connectivity index (χ1n) is 4.02. The number of nitrogens with zero attached hydrogens (tertiary/aromatic N) is 1. The van der Waals surface area contributed by atoms with Gasteiger partial charge in [-0.3, -0.25) is 9.59 Å². The van der Waals surface area contributed by atoms with Gasteiger partial charge in [0.25, 0.3) is 5.56 Å². The van der Waals surface area contributed by atoms with E-state index in [4.69, 9.17) is 11.5 Å². The highest BCUT2D eigenvalue weighted by molar-refractivity contribution is 9.11. The van der Waals surface area contributed by atoms with Crippen LogP contribution >= 0.6 is 31.9 Å². The normalized spacial score (nSPS) is 12.5. The van der Waals surface area contributed by atoms with Crippen LogP contribution in [0.3, 0.4) is 0 Å². The molecule has 1 rings (SSSR count). The van der Waals surface area contributed by atoms with Gasteiger partial charge in [0.2, 0.25) is 5.91 Å². The second-order valence-electron chi connectivity index (χ2n) is 2.97. The summed E-state index contributed by atoms with van der Waals surface area (Å²) in [4.78, 5) is 22.3. The number of nitrogens with two attached hydrogens (primary N) is 2. The van der Waals surface area contributed by atoms with Crippen LogP contribution in [-0.4, -0.2) is 16.5 Å². The largest absolute Gasteiger partial charge is 0.368 e. The highest BCUT2D eigenvalue weighted by Crippen LogP contribution is 2.12. The monoisotopic (exact) mass is 337 g/mol. The maximum atomic E-state index is 11.6. The van der Waals surface area contributed by atoms with E-state index in [-0.39, 0.29) is 12.1 Å². The molecule has 4 N–H and O–H groups in total. The zero-order valence-electron chi connectivity index (χ0n) is 7.61. The van der Waals surface area contributed by atoms with Gasteiger partial charge in [-0.15, -0.1) is 0 Å². The van der Waals surface area contributed by atoms with Crippen molar-refractivity contribution in [1.82, 2.24) is 4.57 Å². The molecule has 0 aliphatic heterocycles. The summed E-state index contributed by atoms with van der Waals surface area (Å²) in [5.74, 6) is -0.641. The zero-order valence-corrected chi connectivity index (χ0v) is 10.8. The lowest BCUT2D eigenvalue weighted by Crippen LogP contribution is -2.42. The molecule has 0 aliphatic rings. The van der Waals surface area contributed by atoms with Gasteiger partial charge >= 0.3 is 0 Å². The summed E-state index contributed by atoms with van der Waals surface area (Å²) in [6.45, 7) is 0.0617. The summed E-state index contributed by atoms with van der Waals surface area (Å²) < 4.78 is 2.43. The molecular formula is C8H9Br2N3O2. The van der Waals surface area contributed by atoms with E-state index in [1.54, 1.807) is 12.3 Å². The van der Waals surface area contributed by atoms with Crippen molar-refractivity contribution in [3.63, 3.8) is 0 Å². The Kier molecular flexibility index (Phi) is 4.06. The Morgan fingerprint density at radius 3 is 2.67 bits per heavy atom. The van der Waals surface area contributed by atoms with E-state index in [2.05, 4.69) is 31.9 Å². The quantitative estimate of drug-likeness (QED) is 0.824. The second kappa shape index (κ2) is 4.91. The first-order valence-corrected chi connectivity index (χ1v) is 5.61. The minimum Gasteiger partial charge on any atom is -0.368 e.